The van der Waals surface area contributed by atoms with E-state index in [0.717, 1.165) is 87.1 Å². The quantitative estimate of drug-likeness (QED) is 0.208. The van der Waals surface area contributed by atoms with Gasteiger partial charge in [-0.15, -0.1) is 10.2 Å². The molecule has 2 atom stereocenters. The van der Waals surface area contributed by atoms with E-state index in [9.17, 15) is 14.4 Å². The van der Waals surface area contributed by atoms with Gasteiger partial charge in [0.2, 0.25) is 5.91 Å². The van der Waals surface area contributed by atoms with Crippen LogP contribution in [-0.4, -0.2) is 95.1 Å². The molecule has 3 aliphatic heterocycles. The minimum Gasteiger partial charge on any atom is -0.490 e. The molecule has 1 aliphatic carbocycles. The van der Waals surface area contributed by atoms with E-state index in [1.54, 1.807) is 29.2 Å². The van der Waals surface area contributed by atoms with Gasteiger partial charge in [0.25, 0.3) is 5.91 Å². The topological polar surface area (TPSA) is 149 Å². The molecule has 1 saturated carbocycles. The van der Waals surface area contributed by atoms with Crippen LogP contribution in [0.25, 0.3) is 10.9 Å². The molecule has 8 rings (SSSR count). The molecule has 4 fully saturated rings. The Morgan fingerprint density at radius 1 is 0.982 bits per heavy atom. The number of hydrogen-bond donors (Lipinski definition) is 2. The lowest BCUT2D eigenvalue weighted by Gasteiger charge is -2.39. The van der Waals surface area contributed by atoms with Crippen molar-refractivity contribution in [2.24, 2.45) is 5.92 Å². The average molecular weight is 782 g/mol. The summed E-state index contributed by atoms with van der Waals surface area (Å²) in [6, 6.07) is 17.7. The zero-order valence-electron chi connectivity index (χ0n) is 31.1. The fraction of sp³-hybridized carbons (Fsp3) is 0.463. The molecular formula is C41H45ClFN9O4. The molecule has 2 aromatic heterocycles. The number of carbonyl (C=O) groups excluding carboxylic acids is 3. The predicted octanol–water partition coefficient (Wildman–Crippen LogP) is 6.02. The van der Waals surface area contributed by atoms with Gasteiger partial charge in [-0.05, 0) is 93.3 Å². The lowest BCUT2D eigenvalue weighted by molar-refractivity contribution is -0.120. The number of imide groups is 1. The molecule has 56 heavy (non-hydrogen) atoms. The molecular weight excluding hydrogens is 737 g/mol. The number of anilines is 2. The molecule has 5 heterocycles. The van der Waals surface area contributed by atoms with Crippen molar-refractivity contribution in [1.29, 1.82) is 5.26 Å². The second kappa shape index (κ2) is 16.5. The van der Waals surface area contributed by atoms with Crippen LogP contribution < -0.4 is 25.2 Å². The highest BCUT2D eigenvalue weighted by molar-refractivity contribution is 6.31. The molecule has 0 bridgehead atoms. The second-order valence-corrected chi connectivity index (χ2v) is 15.8. The van der Waals surface area contributed by atoms with E-state index in [2.05, 4.69) is 36.7 Å². The number of carbonyl (C=O) groups is 3. The monoisotopic (exact) mass is 781 g/mol. The van der Waals surface area contributed by atoms with E-state index in [0.29, 0.717) is 47.5 Å². The van der Waals surface area contributed by atoms with Crippen molar-refractivity contribution in [2.75, 3.05) is 49.1 Å². The number of ether oxygens (including phenoxy) is 1. The molecule has 15 heteroatoms. The number of piperidine rings is 2. The zero-order chi connectivity index (χ0) is 38.8. The first-order valence-corrected chi connectivity index (χ1v) is 19.9. The summed E-state index contributed by atoms with van der Waals surface area (Å²) in [6.45, 7) is 3.99. The number of amides is 4. The number of hydrogen-bond acceptors (Lipinski definition) is 9. The summed E-state index contributed by atoms with van der Waals surface area (Å²) in [5.74, 6) is 1.33. The number of halogens is 2. The lowest BCUT2D eigenvalue weighted by Crippen LogP contribution is -2.49. The van der Waals surface area contributed by atoms with Gasteiger partial charge in [-0.1, -0.05) is 17.7 Å². The number of fused-ring (bicyclic) bond motifs is 1. The molecule has 4 aliphatic rings. The Hall–Kier alpha value is -5.26. The van der Waals surface area contributed by atoms with Crippen LogP contribution in [0.5, 0.6) is 5.75 Å². The molecule has 13 nitrogen and oxygen atoms in total. The summed E-state index contributed by atoms with van der Waals surface area (Å²) in [4.78, 5) is 43.3. The molecule has 2 N–H and O–H groups in total. The van der Waals surface area contributed by atoms with Gasteiger partial charge in [-0.25, -0.2) is 9.18 Å². The number of benzene rings is 2. The van der Waals surface area contributed by atoms with E-state index < -0.39 is 12.2 Å². The first-order valence-electron chi connectivity index (χ1n) is 19.6. The van der Waals surface area contributed by atoms with Crippen LogP contribution in [0.15, 0.2) is 60.8 Å². The maximum Gasteiger partial charge on any atom is 0.328 e. The van der Waals surface area contributed by atoms with Crippen LogP contribution in [0.3, 0.4) is 0 Å². The Labute approximate surface area is 329 Å². The minimum atomic E-state index is -1.03. The van der Waals surface area contributed by atoms with Gasteiger partial charge in [0.05, 0.1) is 33.9 Å². The molecule has 2 aromatic carbocycles. The number of likely N-dealkylation sites (tertiary alicyclic amines) is 1. The minimum absolute atomic E-state index is 0.0171. The Bertz CT molecular complexity index is 2130. The highest BCUT2D eigenvalue weighted by Crippen LogP contribution is 2.35. The predicted molar refractivity (Wildman–Crippen MR) is 210 cm³/mol. The van der Waals surface area contributed by atoms with Crippen LogP contribution >= 0.6 is 11.6 Å². The number of nitriles is 1. The standard InChI is InChI=1S/C41H45ClFN9O4/c42-32-22-30(7-4-27(32)23-44)56-29-8-5-28(6-9-29)45-40(54)34-10-11-38(48-47-34)50-18-12-26(13-19-50)24-49-17-15-37(33(43)25-49)51-20-14-31-35(51)2-1-3-36(31)52-21-16-39(53)46-41(52)55/h1-4,7,10-11,14,20,22,26,28-29,33,37H,5-6,8-9,12-13,15-19,21,24-25H2,(H,45,54)(H,46,53,55)/t28?,29?,33-,37+/m0/s1. The normalized spacial score (nSPS) is 23.8. The van der Waals surface area contributed by atoms with Gasteiger partial charge in [0.15, 0.2) is 11.5 Å². The van der Waals surface area contributed by atoms with Gasteiger partial charge in [0, 0.05) is 69.4 Å². The number of alkyl halides is 1. The Morgan fingerprint density at radius 2 is 1.80 bits per heavy atom. The van der Waals surface area contributed by atoms with Gasteiger partial charge < -0.3 is 24.4 Å². The summed E-state index contributed by atoms with van der Waals surface area (Å²) in [5.41, 5.74) is 2.31. The van der Waals surface area contributed by atoms with Crippen molar-refractivity contribution in [3.63, 3.8) is 0 Å². The van der Waals surface area contributed by atoms with Crippen molar-refractivity contribution in [3.8, 4) is 11.8 Å². The van der Waals surface area contributed by atoms with Gasteiger partial charge in [0.1, 0.15) is 18.0 Å². The second-order valence-electron chi connectivity index (χ2n) is 15.3. The number of aromatic nitrogens is 3. The van der Waals surface area contributed by atoms with Crippen LogP contribution in [0.1, 0.15) is 73.5 Å². The van der Waals surface area contributed by atoms with Crippen LogP contribution in [0, 0.1) is 17.2 Å². The van der Waals surface area contributed by atoms with Crippen LogP contribution in [0.4, 0.5) is 20.7 Å². The van der Waals surface area contributed by atoms with Crippen molar-refractivity contribution in [1.82, 2.24) is 30.3 Å². The summed E-state index contributed by atoms with van der Waals surface area (Å²) >= 11 is 6.14. The molecule has 0 spiro atoms. The summed E-state index contributed by atoms with van der Waals surface area (Å²) in [7, 11) is 0. The fourth-order valence-corrected chi connectivity index (χ4v) is 8.90. The molecule has 4 aromatic rings. The smallest absolute Gasteiger partial charge is 0.328 e. The molecule has 0 radical (unpaired) electrons. The summed E-state index contributed by atoms with van der Waals surface area (Å²) < 4.78 is 24.0. The van der Waals surface area contributed by atoms with E-state index in [1.165, 1.54) is 0 Å². The van der Waals surface area contributed by atoms with E-state index in [4.69, 9.17) is 21.6 Å². The van der Waals surface area contributed by atoms with E-state index in [-0.39, 0.29) is 36.4 Å². The molecule has 292 valence electrons. The summed E-state index contributed by atoms with van der Waals surface area (Å²) in [6.07, 6.45) is 6.91. The summed E-state index contributed by atoms with van der Waals surface area (Å²) in [5, 5.41) is 24.5. The van der Waals surface area contributed by atoms with Crippen molar-refractivity contribution in [3.05, 3.63) is 77.1 Å². The van der Waals surface area contributed by atoms with Crippen molar-refractivity contribution < 1.29 is 23.5 Å². The van der Waals surface area contributed by atoms with Crippen molar-refractivity contribution in [2.45, 2.75) is 75.7 Å². The average Bonchev–Trinajstić information content (AvgIpc) is 3.64. The van der Waals surface area contributed by atoms with Crippen molar-refractivity contribution >= 4 is 51.9 Å². The van der Waals surface area contributed by atoms with E-state index in [1.807, 2.05) is 41.1 Å². The molecule has 0 unspecified atom stereocenters. The highest BCUT2D eigenvalue weighted by atomic mass is 35.5. The van der Waals surface area contributed by atoms with Gasteiger partial charge >= 0.3 is 6.03 Å². The Balaban J connectivity index is 0.774. The number of urea groups is 1. The maximum absolute atomic E-state index is 15.9. The van der Waals surface area contributed by atoms with Crippen LogP contribution in [-0.2, 0) is 4.79 Å². The Kier molecular flexibility index (Phi) is 11.1. The molecule has 4 amide bonds. The molecule has 3 saturated heterocycles. The number of rotatable bonds is 9. The van der Waals surface area contributed by atoms with Gasteiger partial charge in [-0.3, -0.25) is 19.8 Å². The third-order valence-corrected chi connectivity index (χ3v) is 12.1. The van der Waals surface area contributed by atoms with Crippen LogP contribution in [0.2, 0.25) is 5.02 Å². The maximum atomic E-state index is 15.9. The first kappa shape index (κ1) is 37.7. The SMILES string of the molecule is N#Cc1ccc(OC2CCC(NC(=O)c3ccc(N4CCC(CN5CC[C@@H](n6ccc7c(N8CCC(=O)NC8=O)cccc76)[C@@H](F)C5)CC4)nn3)CC2)cc1Cl. The largest absolute Gasteiger partial charge is 0.490 e. The Morgan fingerprint density at radius 3 is 2.52 bits per heavy atom. The number of nitrogens with one attached hydrogen (secondary N) is 2. The third kappa shape index (κ3) is 8.15. The fourth-order valence-electron chi connectivity index (χ4n) is 8.69. The highest BCUT2D eigenvalue weighted by Gasteiger charge is 2.34. The zero-order valence-corrected chi connectivity index (χ0v) is 31.8. The first-order chi connectivity index (χ1) is 27.2. The number of nitrogens with zero attached hydrogens (tertiary/aromatic N) is 7. The van der Waals surface area contributed by atoms with Gasteiger partial charge in [-0.2, -0.15) is 5.26 Å². The van der Waals surface area contributed by atoms with E-state index >= 15 is 4.39 Å². The third-order valence-electron chi connectivity index (χ3n) is 11.7. The lowest BCUT2D eigenvalue weighted by atomic mass is 9.92.